The van der Waals surface area contributed by atoms with Crippen molar-refractivity contribution in [1.29, 1.82) is 0 Å². The molecule has 1 amide bonds. The number of hydrogen-bond donors (Lipinski definition) is 2. The van der Waals surface area contributed by atoms with E-state index in [0.29, 0.717) is 18.7 Å². The van der Waals surface area contributed by atoms with Gasteiger partial charge < -0.3 is 15.7 Å². The van der Waals surface area contributed by atoms with Gasteiger partial charge in [0, 0.05) is 23.6 Å². The van der Waals surface area contributed by atoms with Crippen LogP contribution in [0.3, 0.4) is 0 Å². The summed E-state index contributed by atoms with van der Waals surface area (Å²) in [4.78, 5) is 13.7. The van der Waals surface area contributed by atoms with Crippen molar-refractivity contribution in [3.05, 3.63) is 28.2 Å². The monoisotopic (exact) mass is 284 g/mol. The van der Waals surface area contributed by atoms with Crippen LogP contribution in [-0.2, 0) is 0 Å². The zero-order chi connectivity index (χ0) is 11.7. The molecule has 1 atom stereocenters. The van der Waals surface area contributed by atoms with Crippen molar-refractivity contribution < 1.29 is 9.90 Å². The summed E-state index contributed by atoms with van der Waals surface area (Å²) in [6.45, 7) is 1.23. The highest BCUT2D eigenvalue weighted by Crippen LogP contribution is 2.24. The Labute approximate surface area is 102 Å². The quantitative estimate of drug-likeness (QED) is 0.818. The highest BCUT2D eigenvalue weighted by atomic mass is 79.9. The summed E-state index contributed by atoms with van der Waals surface area (Å²) in [5.41, 5.74) is 6.07. The topological polar surface area (TPSA) is 66.6 Å². The molecule has 5 heteroatoms. The zero-order valence-corrected chi connectivity index (χ0v) is 10.3. The molecule has 1 heterocycles. The smallest absolute Gasteiger partial charge is 0.257 e. The van der Waals surface area contributed by atoms with Crippen LogP contribution in [-0.4, -0.2) is 35.0 Å². The molecule has 1 aromatic rings. The van der Waals surface area contributed by atoms with E-state index >= 15 is 0 Å². The maximum Gasteiger partial charge on any atom is 0.257 e. The Bertz CT molecular complexity index is 422. The van der Waals surface area contributed by atoms with Gasteiger partial charge in [-0.15, -0.1) is 0 Å². The first kappa shape index (κ1) is 11.4. The number of carbonyl (C=O) groups excluding carboxylic acids is 1. The molecule has 1 fully saturated rings. The molecule has 1 aliphatic heterocycles. The van der Waals surface area contributed by atoms with E-state index in [1.54, 1.807) is 17.0 Å². The first-order valence-corrected chi connectivity index (χ1v) is 5.90. The standard InChI is InChI=1S/C11H13BrN2O2/c12-7-1-2-9(10(15)5-7)11(16)14-4-3-8(13)6-14/h1-2,5,8,15H,3-4,6,13H2/t8-/m1/s1. The minimum Gasteiger partial charge on any atom is -0.507 e. The maximum absolute atomic E-state index is 12.0. The number of nitrogens with two attached hydrogens (primary N) is 1. The van der Waals surface area contributed by atoms with E-state index in [-0.39, 0.29) is 17.7 Å². The lowest BCUT2D eigenvalue weighted by Gasteiger charge is -2.16. The fourth-order valence-electron chi connectivity index (χ4n) is 1.83. The normalized spacial score (nSPS) is 20.1. The summed E-state index contributed by atoms with van der Waals surface area (Å²) in [5, 5.41) is 9.68. The van der Waals surface area contributed by atoms with Gasteiger partial charge in [-0.05, 0) is 24.6 Å². The van der Waals surface area contributed by atoms with E-state index in [0.717, 1.165) is 10.9 Å². The van der Waals surface area contributed by atoms with E-state index in [1.807, 2.05) is 0 Å². The minimum absolute atomic E-state index is 0.000142. The van der Waals surface area contributed by atoms with Gasteiger partial charge >= 0.3 is 0 Å². The number of benzene rings is 1. The lowest BCUT2D eigenvalue weighted by molar-refractivity contribution is 0.0788. The predicted molar refractivity (Wildman–Crippen MR) is 64.3 cm³/mol. The van der Waals surface area contributed by atoms with Crippen LogP contribution in [0.25, 0.3) is 0 Å². The number of amides is 1. The Morgan fingerprint density at radius 2 is 2.31 bits per heavy atom. The van der Waals surface area contributed by atoms with Crippen LogP contribution in [0.1, 0.15) is 16.8 Å². The van der Waals surface area contributed by atoms with Crippen LogP contribution in [0.5, 0.6) is 5.75 Å². The highest BCUT2D eigenvalue weighted by molar-refractivity contribution is 9.10. The lowest BCUT2D eigenvalue weighted by Crippen LogP contribution is -2.31. The first-order valence-electron chi connectivity index (χ1n) is 5.11. The number of hydrogen-bond acceptors (Lipinski definition) is 3. The molecular formula is C11H13BrN2O2. The lowest BCUT2D eigenvalue weighted by atomic mass is 10.2. The summed E-state index contributed by atoms with van der Waals surface area (Å²) in [6.07, 6.45) is 0.822. The van der Waals surface area contributed by atoms with Crippen molar-refractivity contribution in [2.24, 2.45) is 5.73 Å². The second-order valence-electron chi connectivity index (χ2n) is 3.96. The molecule has 0 radical (unpaired) electrons. The van der Waals surface area contributed by atoms with Crippen molar-refractivity contribution >= 4 is 21.8 Å². The van der Waals surface area contributed by atoms with Crippen molar-refractivity contribution in [3.8, 4) is 5.75 Å². The summed E-state index contributed by atoms with van der Waals surface area (Å²) in [7, 11) is 0. The van der Waals surface area contributed by atoms with Gasteiger partial charge in [0.1, 0.15) is 5.75 Å². The maximum atomic E-state index is 12.0. The summed E-state index contributed by atoms with van der Waals surface area (Å²) >= 11 is 3.23. The van der Waals surface area contributed by atoms with Crippen LogP contribution in [0, 0.1) is 0 Å². The van der Waals surface area contributed by atoms with Crippen LogP contribution in [0.2, 0.25) is 0 Å². The largest absolute Gasteiger partial charge is 0.507 e. The van der Waals surface area contributed by atoms with E-state index < -0.39 is 0 Å². The number of phenols is 1. The van der Waals surface area contributed by atoms with Gasteiger partial charge in [-0.3, -0.25) is 4.79 Å². The average Bonchev–Trinajstić information content (AvgIpc) is 2.64. The zero-order valence-electron chi connectivity index (χ0n) is 8.69. The highest BCUT2D eigenvalue weighted by Gasteiger charge is 2.25. The summed E-state index contributed by atoms with van der Waals surface area (Å²) in [5.74, 6) is -0.155. The van der Waals surface area contributed by atoms with E-state index in [2.05, 4.69) is 15.9 Å². The molecular weight excluding hydrogens is 272 g/mol. The number of carbonyl (C=O) groups is 1. The first-order chi connectivity index (χ1) is 7.58. The molecule has 0 saturated carbocycles. The third-order valence-corrected chi connectivity index (χ3v) is 3.20. The van der Waals surface area contributed by atoms with E-state index in [1.165, 1.54) is 6.07 Å². The minimum atomic E-state index is -0.155. The van der Waals surface area contributed by atoms with Gasteiger partial charge in [-0.2, -0.15) is 0 Å². The number of nitrogens with zero attached hydrogens (tertiary/aromatic N) is 1. The van der Waals surface area contributed by atoms with Gasteiger partial charge in [-0.1, -0.05) is 15.9 Å². The molecule has 2 rings (SSSR count). The molecule has 1 aromatic carbocycles. The number of likely N-dealkylation sites (tertiary alicyclic amines) is 1. The van der Waals surface area contributed by atoms with Gasteiger partial charge in [0.25, 0.3) is 5.91 Å². The van der Waals surface area contributed by atoms with Crippen LogP contribution in [0.4, 0.5) is 0 Å². The summed E-state index contributed by atoms with van der Waals surface area (Å²) < 4.78 is 0.750. The van der Waals surface area contributed by atoms with Crippen molar-refractivity contribution in [2.75, 3.05) is 13.1 Å². The Morgan fingerprint density at radius 3 is 2.88 bits per heavy atom. The fraction of sp³-hybridized carbons (Fsp3) is 0.364. The molecule has 86 valence electrons. The molecule has 4 nitrogen and oxygen atoms in total. The molecule has 0 aliphatic carbocycles. The second kappa shape index (κ2) is 4.43. The van der Waals surface area contributed by atoms with Gasteiger partial charge in [-0.25, -0.2) is 0 Å². The Kier molecular flexibility index (Phi) is 3.16. The van der Waals surface area contributed by atoms with Gasteiger partial charge in [0.2, 0.25) is 0 Å². The Morgan fingerprint density at radius 1 is 1.56 bits per heavy atom. The van der Waals surface area contributed by atoms with E-state index in [4.69, 9.17) is 5.73 Å². The SMILES string of the molecule is N[C@@H]1CCN(C(=O)c2ccc(Br)cc2O)C1. The number of phenolic OH excluding ortho intramolecular Hbond substituents is 1. The van der Waals surface area contributed by atoms with Crippen LogP contribution in [0.15, 0.2) is 22.7 Å². The molecule has 0 aromatic heterocycles. The fourth-order valence-corrected chi connectivity index (χ4v) is 2.18. The molecule has 3 N–H and O–H groups in total. The summed E-state index contributed by atoms with van der Waals surface area (Å²) in [6, 6.07) is 4.93. The van der Waals surface area contributed by atoms with Crippen molar-refractivity contribution in [2.45, 2.75) is 12.5 Å². The van der Waals surface area contributed by atoms with Gasteiger partial charge in [0.05, 0.1) is 5.56 Å². The third kappa shape index (κ3) is 2.20. The predicted octanol–water partition coefficient (Wildman–Crippen LogP) is 1.33. The van der Waals surface area contributed by atoms with Crippen LogP contribution >= 0.6 is 15.9 Å². The Balaban J connectivity index is 2.21. The van der Waals surface area contributed by atoms with Gasteiger partial charge in [0.15, 0.2) is 0 Å². The van der Waals surface area contributed by atoms with E-state index in [9.17, 15) is 9.90 Å². The number of aromatic hydroxyl groups is 1. The molecule has 1 aliphatic rings. The molecule has 1 saturated heterocycles. The number of halogens is 1. The molecule has 0 unspecified atom stereocenters. The average molecular weight is 285 g/mol. The van der Waals surface area contributed by atoms with Crippen molar-refractivity contribution in [1.82, 2.24) is 4.90 Å². The second-order valence-corrected chi connectivity index (χ2v) is 4.88. The molecule has 0 spiro atoms. The number of rotatable bonds is 1. The van der Waals surface area contributed by atoms with Crippen molar-refractivity contribution in [3.63, 3.8) is 0 Å². The molecule has 16 heavy (non-hydrogen) atoms. The third-order valence-electron chi connectivity index (χ3n) is 2.70. The Hall–Kier alpha value is -1.07. The molecule has 0 bridgehead atoms. The van der Waals surface area contributed by atoms with Crippen LogP contribution < -0.4 is 5.73 Å².